The molecule has 80 valence electrons. The van der Waals surface area contributed by atoms with Crippen molar-refractivity contribution in [1.82, 2.24) is 5.32 Å². The molecule has 0 fully saturated rings. The molecule has 2 nitrogen and oxygen atoms in total. The summed E-state index contributed by atoms with van der Waals surface area (Å²) in [6.07, 6.45) is 2.76. The summed E-state index contributed by atoms with van der Waals surface area (Å²) in [5.41, 5.74) is 0. The normalized spacial score (nSPS) is 16.2. The summed E-state index contributed by atoms with van der Waals surface area (Å²) in [4.78, 5) is 0. The van der Waals surface area contributed by atoms with E-state index in [4.69, 9.17) is 4.74 Å². The van der Waals surface area contributed by atoms with E-state index in [0.717, 1.165) is 12.5 Å². The molecular weight excluding hydrogens is 162 g/mol. The second-order valence-corrected chi connectivity index (χ2v) is 3.60. The maximum absolute atomic E-state index is 5.39. The molecule has 2 heteroatoms. The Morgan fingerprint density at radius 1 is 1.15 bits per heavy atom. The van der Waals surface area contributed by atoms with Gasteiger partial charge in [-0.15, -0.1) is 0 Å². The van der Waals surface area contributed by atoms with Crippen molar-refractivity contribution < 1.29 is 4.74 Å². The fraction of sp³-hybridized carbons (Fsp3) is 1.00. The molecule has 0 radical (unpaired) electrons. The number of ether oxygens (including phenoxy) is 1. The first-order valence-corrected chi connectivity index (χ1v) is 5.47. The Bertz CT molecular complexity index is 113. The average molecular weight is 187 g/mol. The van der Waals surface area contributed by atoms with Crippen LogP contribution in [-0.4, -0.2) is 25.8 Å². The van der Waals surface area contributed by atoms with Crippen molar-refractivity contribution in [3.63, 3.8) is 0 Å². The summed E-state index contributed by atoms with van der Waals surface area (Å²) in [6, 6.07) is 0.505. The van der Waals surface area contributed by atoms with Crippen LogP contribution in [0.15, 0.2) is 0 Å². The predicted octanol–water partition coefficient (Wildman–Crippen LogP) is 2.44. The quantitative estimate of drug-likeness (QED) is 0.661. The van der Waals surface area contributed by atoms with Crippen molar-refractivity contribution in [3.8, 4) is 0 Å². The number of hydrogen-bond donors (Lipinski definition) is 1. The first-order chi connectivity index (χ1) is 6.21. The lowest BCUT2D eigenvalue weighted by molar-refractivity contribution is 0.0596. The van der Waals surface area contributed by atoms with E-state index in [1.807, 2.05) is 0 Å². The molecule has 0 aromatic heterocycles. The van der Waals surface area contributed by atoms with Crippen LogP contribution in [0.3, 0.4) is 0 Å². The zero-order valence-electron chi connectivity index (χ0n) is 9.76. The largest absolute Gasteiger partial charge is 0.380 e. The van der Waals surface area contributed by atoms with E-state index in [2.05, 4.69) is 33.0 Å². The second-order valence-electron chi connectivity index (χ2n) is 3.60. The van der Waals surface area contributed by atoms with Gasteiger partial charge in [-0.05, 0) is 19.4 Å². The Hall–Kier alpha value is -0.0800. The number of methoxy groups -OCH3 is 1. The zero-order valence-corrected chi connectivity index (χ0v) is 9.76. The fourth-order valence-electron chi connectivity index (χ4n) is 1.89. The smallest absolute Gasteiger partial charge is 0.0698 e. The van der Waals surface area contributed by atoms with Crippen molar-refractivity contribution in [2.45, 2.75) is 52.7 Å². The molecule has 2 atom stereocenters. The van der Waals surface area contributed by atoms with Gasteiger partial charge in [0, 0.05) is 13.2 Å². The lowest BCUT2D eigenvalue weighted by Gasteiger charge is -2.30. The van der Waals surface area contributed by atoms with Gasteiger partial charge in [0.25, 0.3) is 0 Å². The lowest BCUT2D eigenvalue weighted by Crippen LogP contribution is -2.44. The van der Waals surface area contributed by atoms with E-state index < -0.39 is 0 Å². The van der Waals surface area contributed by atoms with E-state index in [-0.39, 0.29) is 0 Å². The van der Waals surface area contributed by atoms with E-state index in [0.29, 0.717) is 12.1 Å². The molecule has 0 aromatic carbocycles. The number of nitrogens with one attached hydrogen (secondary N) is 1. The minimum atomic E-state index is 0.310. The summed E-state index contributed by atoms with van der Waals surface area (Å²) in [6.45, 7) is 9.82. The van der Waals surface area contributed by atoms with Crippen molar-refractivity contribution in [1.29, 1.82) is 0 Å². The van der Waals surface area contributed by atoms with E-state index in [1.165, 1.54) is 12.8 Å². The summed E-state index contributed by atoms with van der Waals surface area (Å²) in [7, 11) is 1.79. The van der Waals surface area contributed by atoms with Crippen molar-refractivity contribution in [2.24, 2.45) is 5.92 Å². The lowest BCUT2D eigenvalue weighted by atomic mass is 9.90. The van der Waals surface area contributed by atoms with E-state index >= 15 is 0 Å². The highest BCUT2D eigenvalue weighted by Crippen LogP contribution is 2.17. The minimum absolute atomic E-state index is 0.310. The van der Waals surface area contributed by atoms with Crippen LogP contribution in [0.25, 0.3) is 0 Å². The Balaban J connectivity index is 4.19. The summed E-state index contributed by atoms with van der Waals surface area (Å²) >= 11 is 0. The molecule has 0 heterocycles. The van der Waals surface area contributed by atoms with Gasteiger partial charge >= 0.3 is 0 Å². The summed E-state index contributed by atoms with van der Waals surface area (Å²) in [5, 5.41) is 3.51. The third kappa shape index (κ3) is 4.10. The molecular formula is C11H25NO. The predicted molar refractivity (Wildman–Crippen MR) is 58.0 cm³/mol. The third-order valence-electron chi connectivity index (χ3n) is 2.87. The van der Waals surface area contributed by atoms with Crippen LogP contribution < -0.4 is 5.32 Å². The van der Waals surface area contributed by atoms with Crippen molar-refractivity contribution in [3.05, 3.63) is 0 Å². The maximum atomic E-state index is 5.39. The Morgan fingerprint density at radius 2 is 1.69 bits per heavy atom. The Kier molecular flexibility index (Phi) is 7.29. The molecule has 0 rings (SSSR count). The first kappa shape index (κ1) is 12.9. The van der Waals surface area contributed by atoms with Crippen LogP contribution in [0, 0.1) is 5.92 Å². The number of likely N-dealkylation sites (N-methyl/N-ethyl adjacent to an activating group) is 1. The Morgan fingerprint density at radius 3 is 2.00 bits per heavy atom. The third-order valence-corrected chi connectivity index (χ3v) is 2.87. The molecule has 0 bridgehead atoms. The van der Waals surface area contributed by atoms with Gasteiger partial charge in [0.15, 0.2) is 0 Å². The number of rotatable bonds is 7. The second kappa shape index (κ2) is 7.34. The first-order valence-electron chi connectivity index (χ1n) is 5.47. The molecule has 2 unspecified atom stereocenters. The minimum Gasteiger partial charge on any atom is -0.380 e. The molecule has 0 saturated carbocycles. The van der Waals surface area contributed by atoms with Gasteiger partial charge in [0.1, 0.15) is 0 Å². The maximum Gasteiger partial charge on any atom is 0.0698 e. The highest BCUT2D eigenvalue weighted by Gasteiger charge is 2.23. The fourth-order valence-corrected chi connectivity index (χ4v) is 1.89. The van der Waals surface area contributed by atoms with Crippen LogP contribution in [0.2, 0.25) is 0 Å². The standard InChI is InChI=1S/C11H25NO/c1-6-10(7-2)11(12-8-3)9(4)13-5/h9-12H,6-8H2,1-5H3. The van der Waals surface area contributed by atoms with Gasteiger partial charge in [0.2, 0.25) is 0 Å². The molecule has 0 aliphatic carbocycles. The molecule has 0 aliphatic heterocycles. The average Bonchev–Trinajstić information content (AvgIpc) is 2.17. The van der Waals surface area contributed by atoms with E-state index in [1.54, 1.807) is 7.11 Å². The summed E-state index contributed by atoms with van der Waals surface area (Å²) in [5.74, 6) is 0.731. The summed E-state index contributed by atoms with van der Waals surface area (Å²) < 4.78 is 5.39. The topological polar surface area (TPSA) is 21.3 Å². The monoisotopic (exact) mass is 187 g/mol. The molecule has 1 N–H and O–H groups in total. The highest BCUT2D eigenvalue weighted by atomic mass is 16.5. The SMILES string of the molecule is CCNC(C(CC)CC)C(C)OC. The van der Waals surface area contributed by atoms with Gasteiger partial charge in [-0.25, -0.2) is 0 Å². The molecule has 0 amide bonds. The highest BCUT2D eigenvalue weighted by molar-refractivity contribution is 4.79. The van der Waals surface area contributed by atoms with Gasteiger partial charge < -0.3 is 10.1 Å². The molecule has 0 saturated heterocycles. The van der Waals surface area contributed by atoms with Crippen LogP contribution in [-0.2, 0) is 4.74 Å². The zero-order chi connectivity index (χ0) is 10.3. The number of hydrogen-bond acceptors (Lipinski definition) is 2. The van der Waals surface area contributed by atoms with Gasteiger partial charge in [-0.3, -0.25) is 0 Å². The van der Waals surface area contributed by atoms with Crippen LogP contribution in [0.4, 0.5) is 0 Å². The molecule has 0 aliphatic rings. The Labute approximate surface area is 83.1 Å². The van der Waals surface area contributed by atoms with Crippen molar-refractivity contribution >= 4 is 0 Å². The molecule has 0 aromatic rings. The van der Waals surface area contributed by atoms with Crippen LogP contribution in [0.1, 0.15) is 40.5 Å². The van der Waals surface area contributed by atoms with Crippen molar-refractivity contribution in [2.75, 3.05) is 13.7 Å². The molecule has 0 spiro atoms. The van der Waals surface area contributed by atoms with Gasteiger partial charge in [0.05, 0.1) is 6.10 Å². The van der Waals surface area contributed by atoms with E-state index in [9.17, 15) is 0 Å². The van der Waals surface area contributed by atoms with Gasteiger partial charge in [-0.2, -0.15) is 0 Å². The van der Waals surface area contributed by atoms with Crippen LogP contribution >= 0.6 is 0 Å². The van der Waals surface area contributed by atoms with Crippen LogP contribution in [0.5, 0.6) is 0 Å². The molecule has 13 heavy (non-hydrogen) atoms. The van der Waals surface area contributed by atoms with Gasteiger partial charge in [-0.1, -0.05) is 33.6 Å².